The Morgan fingerprint density at radius 1 is 1.07 bits per heavy atom. The van der Waals surface area contributed by atoms with E-state index in [1.807, 2.05) is 30.2 Å². The van der Waals surface area contributed by atoms with Crippen LogP contribution in [0.25, 0.3) is 0 Å². The van der Waals surface area contributed by atoms with Gasteiger partial charge in [-0.2, -0.15) is 0 Å². The molecule has 0 fully saturated rings. The average molecular weight is 198 g/mol. The van der Waals surface area contributed by atoms with E-state index in [4.69, 9.17) is 0 Å². The molecule has 2 heteroatoms. The van der Waals surface area contributed by atoms with Crippen molar-refractivity contribution in [3.05, 3.63) is 53.2 Å². The van der Waals surface area contributed by atoms with E-state index >= 15 is 0 Å². The smallest absolute Gasteiger partial charge is 0.160 e. The molecule has 0 saturated carbocycles. The Labute approximate surface area is 88.0 Å². The molecule has 0 atom stereocenters. The lowest BCUT2D eigenvalue weighted by molar-refractivity contribution is -0.113. The van der Waals surface area contributed by atoms with Crippen molar-refractivity contribution < 1.29 is 9.59 Å². The molecular weight excluding hydrogens is 188 g/mol. The maximum absolute atomic E-state index is 11.2. The number of carbonyl (C=O) groups is 1. The Balaban J connectivity index is 2.24. The molecule has 0 aromatic heterocycles. The first-order valence-corrected chi connectivity index (χ1v) is 4.83. The fourth-order valence-corrected chi connectivity index (χ4v) is 1.60. The van der Waals surface area contributed by atoms with Crippen molar-refractivity contribution in [1.82, 2.24) is 0 Å². The molecule has 0 aromatic carbocycles. The maximum atomic E-state index is 11.2. The first-order chi connectivity index (χ1) is 7.29. The van der Waals surface area contributed by atoms with E-state index in [0.717, 1.165) is 11.1 Å². The standard InChI is InChI=1S/C13H10O2/c14-9-10-4-6-11(7-5-10)12-2-1-3-13(15)8-12/h1-2,4,6-8H,3,5H2. The van der Waals surface area contributed by atoms with Gasteiger partial charge in [0.25, 0.3) is 0 Å². The molecule has 0 heterocycles. The first-order valence-electron chi connectivity index (χ1n) is 4.83. The molecule has 74 valence electrons. The van der Waals surface area contributed by atoms with Gasteiger partial charge in [0.05, 0.1) is 0 Å². The molecule has 0 amide bonds. The Bertz CT molecular complexity index is 467. The van der Waals surface area contributed by atoms with E-state index < -0.39 is 0 Å². The summed E-state index contributed by atoms with van der Waals surface area (Å²) in [4.78, 5) is 21.6. The molecule has 2 aliphatic rings. The SMILES string of the molecule is O=C=C1C=CC(C2=CC(=O)CC=C2)=CC1. The highest BCUT2D eigenvalue weighted by molar-refractivity contribution is 5.94. The van der Waals surface area contributed by atoms with E-state index in [0.29, 0.717) is 18.4 Å². The highest BCUT2D eigenvalue weighted by atomic mass is 16.1. The molecule has 0 bridgehead atoms. The minimum Gasteiger partial charge on any atom is -0.294 e. The molecular formula is C13H10O2. The van der Waals surface area contributed by atoms with Crippen molar-refractivity contribution in [2.45, 2.75) is 12.8 Å². The van der Waals surface area contributed by atoms with Gasteiger partial charge in [0.15, 0.2) is 5.78 Å². The molecule has 0 unspecified atom stereocenters. The topological polar surface area (TPSA) is 34.1 Å². The van der Waals surface area contributed by atoms with Crippen molar-refractivity contribution >= 4 is 11.7 Å². The lowest BCUT2D eigenvalue weighted by Gasteiger charge is -2.10. The Morgan fingerprint density at radius 3 is 2.53 bits per heavy atom. The van der Waals surface area contributed by atoms with Crippen LogP contribution in [0.3, 0.4) is 0 Å². The van der Waals surface area contributed by atoms with Crippen molar-refractivity contribution in [1.29, 1.82) is 0 Å². The third-order valence-corrected chi connectivity index (χ3v) is 2.40. The second-order valence-corrected chi connectivity index (χ2v) is 3.50. The zero-order chi connectivity index (χ0) is 10.7. The molecule has 2 aliphatic carbocycles. The van der Waals surface area contributed by atoms with E-state index in [1.54, 1.807) is 12.2 Å². The van der Waals surface area contributed by atoms with Crippen LogP contribution in [0.2, 0.25) is 0 Å². The van der Waals surface area contributed by atoms with Crippen LogP contribution < -0.4 is 0 Å². The van der Waals surface area contributed by atoms with Crippen molar-refractivity contribution in [2.24, 2.45) is 0 Å². The lowest BCUT2D eigenvalue weighted by atomic mass is 9.93. The summed E-state index contributed by atoms with van der Waals surface area (Å²) in [6.45, 7) is 0. The summed E-state index contributed by atoms with van der Waals surface area (Å²) >= 11 is 0. The van der Waals surface area contributed by atoms with E-state index in [-0.39, 0.29) is 5.78 Å². The minimum absolute atomic E-state index is 0.124. The van der Waals surface area contributed by atoms with E-state index in [1.165, 1.54) is 0 Å². The minimum atomic E-state index is 0.124. The third-order valence-electron chi connectivity index (χ3n) is 2.40. The van der Waals surface area contributed by atoms with Crippen LogP contribution in [-0.2, 0) is 9.59 Å². The maximum Gasteiger partial charge on any atom is 0.160 e. The molecule has 0 aromatic rings. The van der Waals surface area contributed by atoms with Crippen molar-refractivity contribution in [3.63, 3.8) is 0 Å². The number of hydrogen-bond acceptors (Lipinski definition) is 2. The summed E-state index contributed by atoms with van der Waals surface area (Å²) in [6, 6.07) is 0. The number of rotatable bonds is 1. The van der Waals surface area contributed by atoms with Gasteiger partial charge < -0.3 is 0 Å². The normalized spacial score (nSPS) is 19.7. The largest absolute Gasteiger partial charge is 0.294 e. The molecule has 0 spiro atoms. The monoisotopic (exact) mass is 198 g/mol. The molecule has 15 heavy (non-hydrogen) atoms. The van der Waals surface area contributed by atoms with Gasteiger partial charge in [0.1, 0.15) is 5.94 Å². The van der Waals surface area contributed by atoms with Gasteiger partial charge in [0.2, 0.25) is 0 Å². The van der Waals surface area contributed by atoms with Crippen LogP contribution >= 0.6 is 0 Å². The number of ketones is 1. The van der Waals surface area contributed by atoms with Gasteiger partial charge >= 0.3 is 0 Å². The Kier molecular flexibility index (Phi) is 2.61. The summed E-state index contributed by atoms with van der Waals surface area (Å²) in [5.41, 5.74) is 2.57. The highest BCUT2D eigenvalue weighted by Gasteiger charge is 2.09. The fourth-order valence-electron chi connectivity index (χ4n) is 1.60. The average Bonchev–Trinajstić information content (AvgIpc) is 2.29. The summed E-state index contributed by atoms with van der Waals surface area (Å²) < 4.78 is 0. The molecule has 0 saturated heterocycles. The van der Waals surface area contributed by atoms with Gasteiger partial charge in [-0.1, -0.05) is 24.3 Å². The quantitative estimate of drug-likeness (QED) is 0.604. The Morgan fingerprint density at radius 2 is 1.93 bits per heavy atom. The Hall–Kier alpha value is -1.92. The zero-order valence-electron chi connectivity index (χ0n) is 8.19. The van der Waals surface area contributed by atoms with E-state index in [9.17, 15) is 9.59 Å². The lowest BCUT2D eigenvalue weighted by Crippen LogP contribution is -2.00. The van der Waals surface area contributed by atoms with Crippen molar-refractivity contribution in [2.75, 3.05) is 0 Å². The summed E-state index contributed by atoms with van der Waals surface area (Å²) in [5.74, 6) is 1.99. The van der Waals surface area contributed by atoms with Crippen LogP contribution in [0.15, 0.2) is 53.2 Å². The van der Waals surface area contributed by atoms with E-state index in [2.05, 4.69) is 0 Å². The second kappa shape index (κ2) is 4.07. The third kappa shape index (κ3) is 2.12. The summed E-state index contributed by atoms with van der Waals surface area (Å²) in [7, 11) is 0. The summed E-state index contributed by atoms with van der Waals surface area (Å²) in [6.07, 6.45) is 12.1. The van der Waals surface area contributed by atoms with Crippen molar-refractivity contribution in [3.8, 4) is 0 Å². The van der Waals surface area contributed by atoms with Crippen LogP contribution in [0.4, 0.5) is 0 Å². The molecule has 0 N–H and O–H groups in total. The highest BCUT2D eigenvalue weighted by Crippen LogP contribution is 2.23. The zero-order valence-corrected chi connectivity index (χ0v) is 8.19. The fraction of sp³-hybridized carbons (Fsp3) is 0.154. The van der Waals surface area contributed by atoms with Crippen LogP contribution in [0, 0.1) is 0 Å². The first kappa shape index (κ1) is 9.63. The van der Waals surface area contributed by atoms with Gasteiger partial charge in [-0.15, -0.1) is 0 Å². The predicted octanol–water partition coefficient (Wildman–Crippen LogP) is 2.09. The van der Waals surface area contributed by atoms with Gasteiger partial charge in [-0.25, -0.2) is 4.79 Å². The number of allylic oxidation sites excluding steroid dienone is 9. The second-order valence-electron chi connectivity index (χ2n) is 3.50. The van der Waals surface area contributed by atoms with Crippen LogP contribution in [0.1, 0.15) is 12.8 Å². The van der Waals surface area contributed by atoms with Crippen LogP contribution in [0.5, 0.6) is 0 Å². The van der Waals surface area contributed by atoms with Crippen LogP contribution in [-0.4, -0.2) is 11.7 Å². The van der Waals surface area contributed by atoms with Gasteiger partial charge in [-0.05, 0) is 23.3 Å². The van der Waals surface area contributed by atoms with Gasteiger partial charge in [0, 0.05) is 18.4 Å². The molecule has 2 nitrogen and oxygen atoms in total. The molecule has 0 aliphatic heterocycles. The van der Waals surface area contributed by atoms with Gasteiger partial charge in [-0.3, -0.25) is 4.79 Å². The number of hydrogen-bond donors (Lipinski definition) is 0. The predicted molar refractivity (Wildman–Crippen MR) is 57.9 cm³/mol. The number of carbonyl (C=O) groups excluding carboxylic acids is 2. The molecule has 2 rings (SSSR count). The molecule has 0 radical (unpaired) electrons. The summed E-state index contributed by atoms with van der Waals surface area (Å²) in [5, 5.41) is 0.